The van der Waals surface area contributed by atoms with Crippen LogP contribution in [0.3, 0.4) is 0 Å². The molecule has 5 rings (SSSR count). The van der Waals surface area contributed by atoms with Crippen LogP contribution in [0.4, 0.5) is 20.8 Å². The van der Waals surface area contributed by atoms with Crippen molar-refractivity contribution < 1.29 is 28.2 Å². The molecule has 3 heterocycles. The molecule has 0 spiro atoms. The Labute approximate surface area is 274 Å². The number of aromatic nitrogens is 2. The van der Waals surface area contributed by atoms with Crippen LogP contribution in [0.5, 0.6) is 0 Å². The van der Waals surface area contributed by atoms with E-state index in [1.807, 2.05) is 36.4 Å². The molecule has 11 nitrogen and oxygen atoms in total. The van der Waals surface area contributed by atoms with Crippen LogP contribution in [0.15, 0.2) is 54.6 Å². The fourth-order valence-corrected chi connectivity index (χ4v) is 6.32. The summed E-state index contributed by atoms with van der Waals surface area (Å²) in [5, 5.41) is 14.7. The number of hydrogen-bond acceptors (Lipinski definition) is 10. The average Bonchev–Trinajstić information content (AvgIpc) is 3.07. The molecule has 0 aliphatic carbocycles. The van der Waals surface area contributed by atoms with Crippen LogP contribution < -0.4 is 15.5 Å². The van der Waals surface area contributed by atoms with E-state index in [2.05, 4.69) is 22.5 Å². The lowest BCUT2D eigenvalue weighted by atomic mass is 9.66. The minimum Gasteiger partial charge on any atom is -0.459 e. The Morgan fingerprint density at radius 1 is 1.09 bits per heavy atom. The minimum atomic E-state index is -0.615. The van der Waals surface area contributed by atoms with E-state index in [-0.39, 0.29) is 43.4 Å². The monoisotopic (exact) mass is 646 g/mol. The third-order valence-corrected chi connectivity index (χ3v) is 8.92. The van der Waals surface area contributed by atoms with Crippen LogP contribution in [-0.4, -0.2) is 60.2 Å². The molecule has 3 unspecified atom stereocenters. The maximum atomic E-state index is 14.6. The third kappa shape index (κ3) is 8.42. The highest BCUT2D eigenvalue weighted by Gasteiger charge is 2.43. The van der Waals surface area contributed by atoms with Crippen molar-refractivity contribution in [2.45, 2.75) is 71.3 Å². The molecule has 250 valence electrons. The van der Waals surface area contributed by atoms with Crippen molar-refractivity contribution in [1.29, 1.82) is 5.41 Å². The first-order chi connectivity index (χ1) is 22.6. The normalized spacial score (nSPS) is 21.1. The molecule has 1 aromatic heterocycles. The highest BCUT2D eigenvalue weighted by atomic mass is 19.1. The van der Waals surface area contributed by atoms with Gasteiger partial charge in [0.1, 0.15) is 36.6 Å². The molecule has 3 aromatic rings. The smallest absolute Gasteiger partial charge is 0.407 e. The minimum absolute atomic E-state index is 0.0990. The number of rotatable bonds is 11. The maximum Gasteiger partial charge on any atom is 0.407 e. The van der Waals surface area contributed by atoms with Crippen molar-refractivity contribution in [2.24, 2.45) is 5.92 Å². The molecule has 2 aliphatic rings. The predicted octanol–water partition coefficient (Wildman–Crippen LogP) is 5.72. The molecule has 47 heavy (non-hydrogen) atoms. The number of halogens is 1. The predicted molar refractivity (Wildman–Crippen MR) is 176 cm³/mol. The highest BCUT2D eigenvalue weighted by Crippen LogP contribution is 2.41. The number of piperidine rings is 1. The molecule has 1 amide bonds. The fraction of sp³-hybridized carbons (Fsp3) is 0.457. The number of benzene rings is 2. The number of nitrogens with one attached hydrogen (secondary N) is 3. The van der Waals surface area contributed by atoms with Gasteiger partial charge in [-0.15, -0.1) is 0 Å². The lowest BCUT2D eigenvalue weighted by Gasteiger charge is -2.47. The van der Waals surface area contributed by atoms with Gasteiger partial charge in [-0.1, -0.05) is 49.4 Å². The van der Waals surface area contributed by atoms with Crippen LogP contribution in [-0.2, 0) is 37.6 Å². The second-order valence-corrected chi connectivity index (χ2v) is 12.3. The zero-order chi connectivity index (χ0) is 33.4. The van der Waals surface area contributed by atoms with E-state index in [0.717, 1.165) is 30.4 Å². The third-order valence-electron chi connectivity index (χ3n) is 8.92. The summed E-state index contributed by atoms with van der Waals surface area (Å²) in [4.78, 5) is 36.5. The molecule has 2 fully saturated rings. The summed E-state index contributed by atoms with van der Waals surface area (Å²) in [5.41, 5.74) is 2.06. The van der Waals surface area contributed by atoms with E-state index < -0.39 is 17.5 Å². The number of anilines is 2. The van der Waals surface area contributed by atoms with Gasteiger partial charge in [0.05, 0.1) is 5.71 Å². The number of amides is 1. The Kier molecular flexibility index (Phi) is 11.0. The molecule has 0 radical (unpaired) electrons. The first-order valence-electron chi connectivity index (χ1n) is 16.1. The van der Waals surface area contributed by atoms with Crippen molar-refractivity contribution in [2.75, 3.05) is 36.5 Å². The van der Waals surface area contributed by atoms with E-state index in [0.29, 0.717) is 49.1 Å². The molecule has 12 heteroatoms. The standard InChI is InChI=1S/C35H43FN6O5/c1-23-19-42(33-29(21-46-25(3)43)39-31(24(2)37)32(41-33)40-30-14-7-8-17-45-30)16-15-35(23,27-12-9-13-28(36)18-27)22-38-34(44)47-20-26-10-5-4-6-11-26/h4-6,9-13,18,23,30,37H,7-8,14-17,19-22H2,1-3H3,(H,38,44)(H,40,41). The summed E-state index contributed by atoms with van der Waals surface area (Å²) >= 11 is 0. The summed E-state index contributed by atoms with van der Waals surface area (Å²) in [6, 6.07) is 16.0. The Morgan fingerprint density at radius 3 is 2.57 bits per heavy atom. The molecular formula is C35H43FN6O5. The van der Waals surface area contributed by atoms with Crippen LogP contribution in [0.2, 0.25) is 0 Å². The largest absolute Gasteiger partial charge is 0.459 e. The SMILES string of the molecule is CC(=N)c1nc(COC(C)=O)c(N2CCC(CNC(=O)OCc3ccccc3)(c3cccc(F)c3)C(C)C2)nc1NC1CCCCO1. The molecule has 2 aliphatic heterocycles. The molecular weight excluding hydrogens is 603 g/mol. The van der Waals surface area contributed by atoms with Gasteiger partial charge in [-0.3, -0.25) is 4.79 Å². The topological polar surface area (TPSA) is 139 Å². The van der Waals surface area contributed by atoms with Crippen LogP contribution in [0, 0.1) is 17.1 Å². The Hall–Kier alpha value is -4.58. The van der Waals surface area contributed by atoms with Gasteiger partial charge >= 0.3 is 12.1 Å². The van der Waals surface area contributed by atoms with Crippen molar-refractivity contribution in [1.82, 2.24) is 15.3 Å². The van der Waals surface area contributed by atoms with E-state index >= 15 is 0 Å². The summed E-state index contributed by atoms with van der Waals surface area (Å²) in [6.45, 7) is 6.93. The lowest BCUT2D eigenvalue weighted by molar-refractivity contribution is -0.142. The molecule has 3 atom stereocenters. The quantitative estimate of drug-likeness (QED) is 0.176. The van der Waals surface area contributed by atoms with E-state index in [4.69, 9.17) is 29.6 Å². The van der Waals surface area contributed by atoms with Gasteiger partial charge in [0.15, 0.2) is 11.6 Å². The van der Waals surface area contributed by atoms with Gasteiger partial charge in [-0.2, -0.15) is 0 Å². The van der Waals surface area contributed by atoms with E-state index in [1.165, 1.54) is 19.1 Å². The highest BCUT2D eigenvalue weighted by molar-refractivity contribution is 5.99. The Bertz CT molecular complexity index is 1570. The van der Waals surface area contributed by atoms with Crippen molar-refractivity contribution in [3.63, 3.8) is 0 Å². The van der Waals surface area contributed by atoms with Gasteiger partial charge in [-0.25, -0.2) is 19.2 Å². The van der Waals surface area contributed by atoms with Crippen LogP contribution >= 0.6 is 0 Å². The summed E-state index contributed by atoms with van der Waals surface area (Å²) in [6.07, 6.45) is 2.56. The maximum absolute atomic E-state index is 14.6. The molecule has 3 N–H and O–H groups in total. The van der Waals surface area contributed by atoms with Crippen molar-refractivity contribution in [3.8, 4) is 0 Å². The number of esters is 1. The summed E-state index contributed by atoms with van der Waals surface area (Å²) in [5.74, 6) is 0.0629. The van der Waals surface area contributed by atoms with Crippen molar-refractivity contribution in [3.05, 3.63) is 82.9 Å². The second kappa shape index (κ2) is 15.3. The number of ether oxygens (including phenoxy) is 3. The van der Waals surface area contributed by atoms with Crippen LogP contribution in [0.25, 0.3) is 0 Å². The molecule has 0 bridgehead atoms. The average molecular weight is 647 g/mol. The zero-order valence-electron chi connectivity index (χ0n) is 27.2. The van der Waals surface area contributed by atoms with E-state index in [9.17, 15) is 14.0 Å². The van der Waals surface area contributed by atoms with Crippen LogP contribution in [0.1, 0.15) is 69.0 Å². The number of carbonyl (C=O) groups is 2. The van der Waals surface area contributed by atoms with Crippen molar-refractivity contribution >= 4 is 29.4 Å². The molecule has 2 saturated heterocycles. The Morgan fingerprint density at radius 2 is 1.89 bits per heavy atom. The fourth-order valence-electron chi connectivity index (χ4n) is 6.32. The zero-order valence-corrected chi connectivity index (χ0v) is 27.2. The number of nitrogens with zero attached hydrogens (tertiary/aromatic N) is 3. The van der Waals surface area contributed by atoms with Gasteiger partial charge in [0.25, 0.3) is 0 Å². The van der Waals surface area contributed by atoms with Gasteiger partial charge in [-0.05, 0) is 61.8 Å². The lowest BCUT2D eigenvalue weighted by Crippen LogP contribution is -2.54. The first-order valence-corrected chi connectivity index (χ1v) is 16.1. The number of alkyl carbamates (subject to hydrolysis) is 1. The van der Waals surface area contributed by atoms with Gasteiger partial charge in [0, 0.05) is 38.6 Å². The number of carbonyl (C=O) groups excluding carboxylic acids is 2. The number of hydrogen-bond donors (Lipinski definition) is 3. The first kappa shape index (κ1) is 33.8. The molecule has 2 aromatic carbocycles. The summed E-state index contributed by atoms with van der Waals surface area (Å²) < 4.78 is 31.3. The Balaban J connectivity index is 1.41. The second-order valence-electron chi connectivity index (χ2n) is 12.3. The summed E-state index contributed by atoms with van der Waals surface area (Å²) in [7, 11) is 0. The van der Waals surface area contributed by atoms with Gasteiger partial charge < -0.3 is 35.2 Å². The van der Waals surface area contributed by atoms with E-state index in [1.54, 1.807) is 13.0 Å². The van der Waals surface area contributed by atoms with Gasteiger partial charge in [0.2, 0.25) is 0 Å². The molecule has 0 saturated carbocycles.